The van der Waals surface area contributed by atoms with E-state index in [9.17, 15) is 0 Å². The van der Waals surface area contributed by atoms with Gasteiger partial charge in [0.1, 0.15) is 17.3 Å². The molecule has 0 aliphatic carbocycles. The molecule has 0 radical (unpaired) electrons. The SMILES string of the molecule is CCCNCc1cc(CN(CC)Cc2ccco2)oc1C. The normalized spacial score (nSPS) is 11.4. The summed E-state index contributed by atoms with van der Waals surface area (Å²) in [7, 11) is 0. The van der Waals surface area contributed by atoms with Gasteiger partial charge in [-0.1, -0.05) is 13.8 Å². The maximum atomic E-state index is 5.88. The minimum Gasteiger partial charge on any atom is -0.468 e. The number of rotatable bonds is 9. The Bertz CT molecular complexity index is 517. The Kier molecular flexibility index (Phi) is 6.08. The Balaban J connectivity index is 1.92. The van der Waals surface area contributed by atoms with Crippen molar-refractivity contribution in [3.63, 3.8) is 0 Å². The van der Waals surface area contributed by atoms with E-state index in [1.807, 2.05) is 19.1 Å². The summed E-state index contributed by atoms with van der Waals surface area (Å²) in [6.07, 6.45) is 2.87. The lowest BCUT2D eigenvalue weighted by atomic mass is 10.2. The van der Waals surface area contributed by atoms with E-state index < -0.39 is 0 Å². The van der Waals surface area contributed by atoms with Crippen LogP contribution >= 0.6 is 0 Å². The lowest BCUT2D eigenvalue weighted by molar-refractivity contribution is 0.227. The fourth-order valence-corrected chi connectivity index (χ4v) is 2.36. The summed E-state index contributed by atoms with van der Waals surface area (Å²) in [6, 6.07) is 6.11. The van der Waals surface area contributed by atoms with Crippen LogP contribution in [0, 0.1) is 6.92 Å². The van der Waals surface area contributed by atoms with E-state index in [1.54, 1.807) is 6.26 Å². The maximum Gasteiger partial charge on any atom is 0.118 e. The summed E-state index contributed by atoms with van der Waals surface area (Å²) in [6.45, 7) is 10.9. The summed E-state index contributed by atoms with van der Waals surface area (Å²) in [5.41, 5.74) is 1.26. The smallest absolute Gasteiger partial charge is 0.118 e. The quantitative estimate of drug-likeness (QED) is 0.715. The molecule has 0 bridgehead atoms. The third-order valence-electron chi connectivity index (χ3n) is 3.60. The van der Waals surface area contributed by atoms with Crippen LogP contribution in [-0.2, 0) is 19.6 Å². The largest absolute Gasteiger partial charge is 0.468 e. The molecular weight excluding hydrogens is 264 g/mol. The standard InChI is InChI=1S/C17H26N2O2/c1-4-8-18-11-15-10-17(21-14(15)3)13-19(5-2)12-16-7-6-9-20-16/h6-7,9-10,18H,4-5,8,11-13H2,1-3H3. The Morgan fingerprint density at radius 3 is 2.67 bits per heavy atom. The molecule has 2 rings (SSSR count). The Morgan fingerprint density at radius 2 is 2.00 bits per heavy atom. The van der Waals surface area contributed by atoms with Crippen molar-refractivity contribution in [1.29, 1.82) is 0 Å². The number of nitrogens with zero attached hydrogens (tertiary/aromatic N) is 1. The molecule has 4 heteroatoms. The molecule has 0 unspecified atom stereocenters. The molecule has 0 aliphatic heterocycles. The zero-order valence-corrected chi connectivity index (χ0v) is 13.3. The van der Waals surface area contributed by atoms with Crippen LogP contribution in [0.3, 0.4) is 0 Å². The van der Waals surface area contributed by atoms with E-state index in [4.69, 9.17) is 8.83 Å². The number of hydrogen-bond donors (Lipinski definition) is 1. The first kappa shape index (κ1) is 15.9. The van der Waals surface area contributed by atoms with Crippen LogP contribution in [0.1, 0.15) is 43.1 Å². The molecular formula is C17H26N2O2. The molecule has 0 atom stereocenters. The Labute approximate surface area is 127 Å². The molecule has 2 aromatic rings. The van der Waals surface area contributed by atoms with Crippen molar-refractivity contribution >= 4 is 0 Å². The number of furan rings is 2. The van der Waals surface area contributed by atoms with Gasteiger partial charge in [-0.3, -0.25) is 4.90 Å². The van der Waals surface area contributed by atoms with E-state index in [2.05, 4.69) is 30.1 Å². The average Bonchev–Trinajstić information content (AvgIpc) is 3.09. The van der Waals surface area contributed by atoms with Crippen molar-refractivity contribution in [2.75, 3.05) is 13.1 Å². The highest BCUT2D eigenvalue weighted by atomic mass is 16.3. The molecule has 0 amide bonds. The van der Waals surface area contributed by atoms with E-state index in [0.717, 1.165) is 56.4 Å². The topological polar surface area (TPSA) is 41.5 Å². The lowest BCUT2D eigenvalue weighted by Gasteiger charge is -2.17. The predicted molar refractivity (Wildman–Crippen MR) is 83.9 cm³/mol. The van der Waals surface area contributed by atoms with E-state index in [0.29, 0.717) is 0 Å². The van der Waals surface area contributed by atoms with Crippen LogP contribution in [0.4, 0.5) is 0 Å². The number of hydrogen-bond acceptors (Lipinski definition) is 4. The summed E-state index contributed by atoms with van der Waals surface area (Å²) in [5.74, 6) is 3.03. The second-order valence-corrected chi connectivity index (χ2v) is 5.35. The van der Waals surface area contributed by atoms with Gasteiger partial charge in [-0.2, -0.15) is 0 Å². The molecule has 0 aliphatic rings. The number of nitrogens with one attached hydrogen (secondary N) is 1. The van der Waals surface area contributed by atoms with Crippen molar-refractivity contribution in [2.24, 2.45) is 0 Å². The highest BCUT2D eigenvalue weighted by Gasteiger charge is 2.12. The highest BCUT2D eigenvalue weighted by Crippen LogP contribution is 2.17. The second-order valence-electron chi connectivity index (χ2n) is 5.35. The third kappa shape index (κ3) is 4.76. The molecule has 0 aromatic carbocycles. The summed E-state index contributed by atoms with van der Waals surface area (Å²) in [4.78, 5) is 2.31. The molecule has 0 spiro atoms. The summed E-state index contributed by atoms with van der Waals surface area (Å²) in [5, 5.41) is 3.42. The van der Waals surface area contributed by atoms with Crippen LogP contribution in [0.2, 0.25) is 0 Å². The van der Waals surface area contributed by atoms with Crippen LogP contribution in [-0.4, -0.2) is 18.0 Å². The van der Waals surface area contributed by atoms with Gasteiger partial charge in [-0.05, 0) is 44.6 Å². The van der Waals surface area contributed by atoms with Gasteiger partial charge in [0.25, 0.3) is 0 Å². The zero-order valence-electron chi connectivity index (χ0n) is 13.3. The molecule has 0 saturated heterocycles. The van der Waals surface area contributed by atoms with Crippen molar-refractivity contribution in [1.82, 2.24) is 10.2 Å². The maximum absolute atomic E-state index is 5.88. The highest BCUT2D eigenvalue weighted by molar-refractivity contribution is 5.20. The molecule has 116 valence electrons. The van der Waals surface area contributed by atoms with Gasteiger partial charge in [0, 0.05) is 12.1 Å². The molecule has 21 heavy (non-hydrogen) atoms. The van der Waals surface area contributed by atoms with Crippen molar-refractivity contribution in [2.45, 2.75) is 46.8 Å². The van der Waals surface area contributed by atoms with Crippen LogP contribution in [0.5, 0.6) is 0 Å². The molecule has 2 aromatic heterocycles. The second kappa shape index (κ2) is 8.05. The Morgan fingerprint density at radius 1 is 1.19 bits per heavy atom. The first-order valence-electron chi connectivity index (χ1n) is 7.76. The summed E-state index contributed by atoms with van der Waals surface area (Å²) >= 11 is 0. The van der Waals surface area contributed by atoms with E-state index >= 15 is 0 Å². The van der Waals surface area contributed by atoms with Crippen molar-refractivity contribution in [3.8, 4) is 0 Å². The monoisotopic (exact) mass is 290 g/mol. The first-order chi connectivity index (χ1) is 10.2. The molecule has 1 N–H and O–H groups in total. The average molecular weight is 290 g/mol. The molecule has 0 saturated carbocycles. The third-order valence-corrected chi connectivity index (χ3v) is 3.60. The number of aryl methyl sites for hydroxylation is 1. The van der Waals surface area contributed by atoms with Gasteiger partial charge in [-0.25, -0.2) is 0 Å². The molecule has 0 fully saturated rings. The van der Waals surface area contributed by atoms with Crippen LogP contribution in [0.25, 0.3) is 0 Å². The van der Waals surface area contributed by atoms with Gasteiger partial charge in [0.2, 0.25) is 0 Å². The Hall–Kier alpha value is -1.52. The van der Waals surface area contributed by atoms with E-state index in [1.165, 1.54) is 5.56 Å². The van der Waals surface area contributed by atoms with Gasteiger partial charge in [-0.15, -0.1) is 0 Å². The van der Waals surface area contributed by atoms with Crippen LogP contribution < -0.4 is 5.32 Å². The minimum absolute atomic E-state index is 0.811. The first-order valence-corrected chi connectivity index (χ1v) is 7.76. The van der Waals surface area contributed by atoms with E-state index in [-0.39, 0.29) is 0 Å². The van der Waals surface area contributed by atoms with Gasteiger partial charge in [0.15, 0.2) is 0 Å². The zero-order chi connectivity index (χ0) is 15.1. The predicted octanol–water partition coefficient (Wildman–Crippen LogP) is 3.70. The van der Waals surface area contributed by atoms with Crippen molar-refractivity contribution < 1.29 is 8.83 Å². The van der Waals surface area contributed by atoms with Gasteiger partial charge >= 0.3 is 0 Å². The van der Waals surface area contributed by atoms with Crippen LogP contribution in [0.15, 0.2) is 33.3 Å². The summed E-state index contributed by atoms with van der Waals surface area (Å²) < 4.78 is 11.3. The molecule has 2 heterocycles. The molecule has 4 nitrogen and oxygen atoms in total. The van der Waals surface area contributed by atoms with Crippen molar-refractivity contribution in [3.05, 3.63) is 47.3 Å². The minimum atomic E-state index is 0.811. The van der Waals surface area contributed by atoms with Gasteiger partial charge < -0.3 is 14.2 Å². The fourth-order valence-electron chi connectivity index (χ4n) is 2.36. The lowest BCUT2D eigenvalue weighted by Crippen LogP contribution is -2.21. The fraction of sp³-hybridized carbons (Fsp3) is 0.529. The van der Waals surface area contributed by atoms with Gasteiger partial charge in [0.05, 0.1) is 19.4 Å².